The number of hydrogen-bond acceptors (Lipinski definition) is 5. The molecule has 4 N–H and O–H groups in total. The van der Waals surface area contributed by atoms with E-state index < -0.39 is 16.1 Å². The van der Waals surface area contributed by atoms with Crippen molar-refractivity contribution in [2.45, 2.75) is 17.9 Å². The number of nitrogens with one attached hydrogen (secondary N) is 1. The van der Waals surface area contributed by atoms with E-state index in [9.17, 15) is 8.42 Å². The zero-order valence-electron chi connectivity index (χ0n) is 9.67. The number of ether oxygens (including phenoxy) is 1. The van der Waals surface area contributed by atoms with E-state index in [2.05, 4.69) is 4.72 Å². The maximum absolute atomic E-state index is 11.8. The molecule has 0 aliphatic heterocycles. The third-order valence-corrected chi connectivity index (χ3v) is 3.73. The van der Waals surface area contributed by atoms with E-state index in [4.69, 9.17) is 15.6 Å². The molecule has 0 spiro atoms. The van der Waals surface area contributed by atoms with E-state index in [0.29, 0.717) is 5.75 Å². The van der Waals surface area contributed by atoms with Gasteiger partial charge in [-0.1, -0.05) is 0 Å². The number of aliphatic hydroxyl groups is 1. The van der Waals surface area contributed by atoms with Crippen molar-refractivity contribution in [3.05, 3.63) is 18.2 Å². The van der Waals surface area contributed by atoms with Gasteiger partial charge in [0.05, 0.1) is 24.3 Å². The van der Waals surface area contributed by atoms with Gasteiger partial charge in [-0.25, -0.2) is 13.1 Å². The summed E-state index contributed by atoms with van der Waals surface area (Å²) in [5, 5.41) is 8.81. The Labute approximate surface area is 100 Å². The fourth-order valence-corrected chi connectivity index (χ4v) is 2.52. The van der Waals surface area contributed by atoms with Crippen LogP contribution in [0.4, 0.5) is 5.69 Å². The summed E-state index contributed by atoms with van der Waals surface area (Å²) in [6.45, 7) is 1.29. The molecule has 0 aromatic heterocycles. The molecule has 0 aliphatic rings. The molecule has 1 atom stereocenters. The predicted molar refractivity (Wildman–Crippen MR) is 64.3 cm³/mol. The largest absolute Gasteiger partial charge is 0.495 e. The second-order valence-corrected chi connectivity index (χ2v) is 5.32. The molecule has 17 heavy (non-hydrogen) atoms. The summed E-state index contributed by atoms with van der Waals surface area (Å²) in [5.74, 6) is 0.416. The molecular formula is C10H16N2O4S. The van der Waals surface area contributed by atoms with Gasteiger partial charge in [-0.05, 0) is 25.1 Å². The second kappa shape index (κ2) is 5.35. The van der Waals surface area contributed by atoms with Gasteiger partial charge in [-0.3, -0.25) is 0 Å². The summed E-state index contributed by atoms with van der Waals surface area (Å²) >= 11 is 0. The quantitative estimate of drug-likeness (QED) is 0.644. The summed E-state index contributed by atoms with van der Waals surface area (Å²) in [7, 11) is -2.21. The monoisotopic (exact) mass is 260 g/mol. The first kappa shape index (κ1) is 13.8. The van der Waals surface area contributed by atoms with Crippen LogP contribution in [-0.2, 0) is 10.0 Å². The lowest BCUT2D eigenvalue weighted by Gasteiger charge is -2.12. The maximum atomic E-state index is 11.8. The molecule has 6 nitrogen and oxygen atoms in total. The average Bonchev–Trinajstić information content (AvgIpc) is 2.28. The van der Waals surface area contributed by atoms with Gasteiger partial charge in [0.25, 0.3) is 0 Å². The first-order valence-corrected chi connectivity index (χ1v) is 6.45. The van der Waals surface area contributed by atoms with Crippen LogP contribution in [0.1, 0.15) is 6.92 Å². The summed E-state index contributed by atoms with van der Waals surface area (Å²) in [6.07, 6.45) is 0. The Balaban J connectivity index is 3.04. The van der Waals surface area contributed by atoms with Gasteiger partial charge in [0, 0.05) is 6.04 Å². The highest BCUT2D eigenvalue weighted by atomic mass is 32.2. The van der Waals surface area contributed by atoms with Crippen LogP contribution in [0, 0.1) is 0 Å². The number of nitrogen functional groups attached to an aromatic ring is 1. The number of hydrogen-bond donors (Lipinski definition) is 3. The summed E-state index contributed by atoms with van der Waals surface area (Å²) in [4.78, 5) is 0.0381. The van der Waals surface area contributed by atoms with Crippen LogP contribution in [0.25, 0.3) is 0 Å². The Morgan fingerprint density at radius 1 is 1.53 bits per heavy atom. The molecule has 96 valence electrons. The van der Waals surface area contributed by atoms with E-state index in [1.165, 1.54) is 25.3 Å². The SMILES string of the molecule is COc1ccc(S(=O)(=O)N[C@@H](C)CO)cc1N. The zero-order chi connectivity index (χ0) is 13.1. The molecule has 1 aromatic rings. The molecule has 1 aromatic carbocycles. The summed E-state index contributed by atoms with van der Waals surface area (Å²) < 4.78 is 30.9. The number of benzene rings is 1. The minimum atomic E-state index is -3.66. The van der Waals surface area contributed by atoms with E-state index in [1.54, 1.807) is 6.92 Å². The fraction of sp³-hybridized carbons (Fsp3) is 0.400. The van der Waals surface area contributed by atoms with Crippen LogP contribution < -0.4 is 15.2 Å². The Hall–Kier alpha value is -1.31. The average molecular weight is 260 g/mol. The highest BCUT2D eigenvalue weighted by Gasteiger charge is 2.17. The van der Waals surface area contributed by atoms with Crippen LogP contribution in [0.3, 0.4) is 0 Å². The molecule has 0 saturated carbocycles. The van der Waals surface area contributed by atoms with E-state index in [1.807, 2.05) is 0 Å². The molecule has 0 fully saturated rings. The lowest BCUT2D eigenvalue weighted by atomic mass is 10.3. The molecule has 7 heteroatoms. The van der Waals surface area contributed by atoms with Crippen molar-refractivity contribution >= 4 is 15.7 Å². The first-order chi connectivity index (χ1) is 7.90. The Morgan fingerprint density at radius 3 is 2.65 bits per heavy atom. The molecule has 1 rings (SSSR count). The van der Waals surface area contributed by atoms with Crippen molar-refractivity contribution in [2.75, 3.05) is 19.5 Å². The van der Waals surface area contributed by atoms with Gasteiger partial charge < -0.3 is 15.6 Å². The fourth-order valence-electron chi connectivity index (χ4n) is 1.25. The minimum absolute atomic E-state index is 0.0381. The number of sulfonamides is 1. The van der Waals surface area contributed by atoms with Crippen molar-refractivity contribution in [3.8, 4) is 5.75 Å². The standard InChI is InChI=1S/C10H16N2O4S/c1-7(6-13)12-17(14,15)8-3-4-10(16-2)9(11)5-8/h3-5,7,12-13H,6,11H2,1-2H3/t7-/m0/s1. The molecular weight excluding hydrogens is 244 g/mol. The van der Waals surface area contributed by atoms with Gasteiger partial charge in [0.1, 0.15) is 5.75 Å². The second-order valence-electron chi connectivity index (χ2n) is 3.61. The molecule has 0 radical (unpaired) electrons. The minimum Gasteiger partial charge on any atom is -0.495 e. The molecule has 0 unspecified atom stereocenters. The highest BCUT2D eigenvalue weighted by molar-refractivity contribution is 7.89. The van der Waals surface area contributed by atoms with Crippen molar-refractivity contribution in [1.82, 2.24) is 4.72 Å². The van der Waals surface area contributed by atoms with E-state index in [-0.39, 0.29) is 17.2 Å². The number of aliphatic hydroxyl groups excluding tert-OH is 1. The first-order valence-electron chi connectivity index (χ1n) is 4.97. The topological polar surface area (TPSA) is 102 Å². The number of rotatable bonds is 5. The lowest BCUT2D eigenvalue weighted by Crippen LogP contribution is -2.35. The van der Waals surface area contributed by atoms with Gasteiger partial charge in [-0.15, -0.1) is 0 Å². The van der Waals surface area contributed by atoms with Gasteiger partial charge in [0.2, 0.25) is 10.0 Å². The number of methoxy groups -OCH3 is 1. The van der Waals surface area contributed by atoms with Crippen LogP contribution in [0.15, 0.2) is 23.1 Å². The molecule has 0 bridgehead atoms. The molecule has 0 aliphatic carbocycles. The van der Waals surface area contributed by atoms with Crippen LogP contribution in [-0.4, -0.2) is 33.3 Å². The molecule has 0 saturated heterocycles. The third-order valence-electron chi connectivity index (χ3n) is 2.14. The Kier molecular flexibility index (Phi) is 4.33. The lowest BCUT2D eigenvalue weighted by molar-refractivity contribution is 0.265. The Bertz CT molecular complexity index is 487. The summed E-state index contributed by atoms with van der Waals surface area (Å²) in [6, 6.07) is 3.63. The molecule has 0 amide bonds. The van der Waals surface area contributed by atoms with E-state index in [0.717, 1.165) is 0 Å². The van der Waals surface area contributed by atoms with E-state index >= 15 is 0 Å². The van der Waals surface area contributed by atoms with Crippen molar-refractivity contribution in [1.29, 1.82) is 0 Å². The predicted octanol–water partition coefficient (Wildman–Crippen LogP) is -0.0635. The van der Waals surface area contributed by atoms with Gasteiger partial charge >= 0.3 is 0 Å². The van der Waals surface area contributed by atoms with Crippen molar-refractivity contribution in [3.63, 3.8) is 0 Å². The highest BCUT2D eigenvalue weighted by Crippen LogP contribution is 2.24. The normalized spacial score (nSPS) is 13.4. The van der Waals surface area contributed by atoms with Gasteiger partial charge in [0.15, 0.2) is 0 Å². The van der Waals surface area contributed by atoms with Crippen LogP contribution in [0.2, 0.25) is 0 Å². The third kappa shape index (κ3) is 3.32. The van der Waals surface area contributed by atoms with Gasteiger partial charge in [-0.2, -0.15) is 0 Å². The maximum Gasteiger partial charge on any atom is 0.240 e. The smallest absolute Gasteiger partial charge is 0.240 e. The summed E-state index contributed by atoms with van der Waals surface area (Å²) in [5.41, 5.74) is 5.87. The Morgan fingerprint density at radius 2 is 2.18 bits per heavy atom. The van der Waals surface area contributed by atoms with Crippen LogP contribution >= 0.6 is 0 Å². The van der Waals surface area contributed by atoms with Crippen molar-refractivity contribution in [2.24, 2.45) is 0 Å². The number of anilines is 1. The van der Waals surface area contributed by atoms with Crippen LogP contribution in [0.5, 0.6) is 5.75 Å². The van der Waals surface area contributed by atoms with Crippen molar-refractivity contribution < 1.29 is 18.3 Å². The zero-order valence-corrected chi connectivity index (χ0v) is 10.5. The molecule has 0 heterocycles. The number of nitrogens with two attached hydrogens (primary N) is 1.